The van der Waals surface area contributed by atoms with Crippen molar-refractivity contribution >= 4 is 62.8 Å². The van der Waals surface area contributed by atoms with Gasteiger partial charge in [-0.15, -0.1) is 11.3 Å². The van der Waals surface area contributed by atoms with Gasteiger partial charge in [-0.1, -0.05) is 26.0 Å². The van der Waals surface area contributed by atoms with Gasteiger partial charge in [0, 0.05) is 74.7 Å². The molecule has 2 aromatic heterocycles. The van der Waals surface area contributed by atoms with Crippen LogP contribution >= 0.6 is 18.5 Å². The molecule has 2 aromatic carbocycles. The van der Waals surface area contributed by atoms with E-state index in [0.717, 1.165) is 45.7 Å². The smallest absolute Gasteiger partial charge is 0.229 e. The minimum Gasteiger partial charge on any atom is -0.494 e. The highest BCUT2D eigenvalue weighted by Gasteiger charge is 2.27. The van der Waals surface area contributed by atoms with Crippen molar-refractivity contribution in [1.82, 2.24) is 19.8 Å². The predicted octanol–water partition coefficient (Wildman–Crippen LogP) is 6.43. The zero-order valence-corrected chi connectivity index (χ0v) is 28.0. The summed E-state index contributed by atoms with van der Waals surface area (Å²) in [6, 6.07) is 16.9. The minimum absolute atomic E-state index is 0.476. The summed E-state index contributed by atoms with van der Waals surface area (Å²) in [5, 5.41) is 9.82. The van der Waals surface area contributed by atoms with Crippen LogP contribution in [0.15, 0.2) is 53.9 Å². The number of ether oxygens (including phenoxy) is 1. The second-order valence-electron chi connectivity index (χ2n) is 11.8. The van der Waals surface area contributed by atoms with E-state index in [4.69, 9.17) is 14.7 Å². The number of aromatic nitrogens is 2. The third-order valence-corrected chi connectivity index (χ3v) is 13.5. The summed E-state index contributed by atoms with van der Waals surface area (Å²) >= 11 is 1.59. The number of nitrogens with one attached hydrogen (secondary N) is 2. The van der Waals surface area contributed by atoms with Gasteiger partial charge >= 0.3 is 0 Å². The van der Waals surface area contributed by atoms with Crippen molar-refractivity contribution in [3.63, 3.8) is 0 Å². The third kappa shape index (κ3) is 6.45. The van der Waals surface area contributed by atoms with E-state index in [1.807, 2.05) is 49.6 Å². The number of hydrogen-bond acceptors (Lipinski definition) is 10. The van der Waals surface area contributed by atoms with Gasteiger partial charge in [-0.05, 0) is 55.6 Å². The summed E-state index contributed by atoms with van der Waals surface area (Å²) in [6.45, 7) is 10.8. The van der Waals surface area contributed by atoms with Crippen molar-refractivity contribution in [3.8, 4) is 5.75 Å². The SMILES string of the molecule is CCP(=O)(CC)c1ccccc1Nc1nc(Nc2ccc(N3CCC(N4CCN(C)CC4)CC3)cc2OC)nc2ccsc12. The van der Waals surface area contributed by atoms with Crippen molar-refractivity contribution < 1.29 is 9.30 Å². The molecule has 4 heterocycles. The van der Waals surface area contributed by atoms with Crippen LogP contribution in [0.3, 0.4) is 0 Å². The van der Waals surface area contributed by atoms with E-state index in [2.05, 4.69) is 50.6 Å². The molecule has 2 aliphatic rings. The highest BCUT2D eigenvalue weighted by atomic mass is 32.1. The molecule has 2 N–H and O–H groups in total. The van der Waals surface area contributed by atoms with Gasteiger partial charge in [0.25, 0.3) is 0 Å². The van der Waals surface area contributed by atoms with E-state index in [-0.39, 0.29) is 0 Å². The van der Waals surface area contributed by atoms with E-state index < -0.39 is 7.14 Å². The molecule has 2 fully saturated rings. The molecule has 0 bridgehead atoms. The summed E-state index contributed by atoms with van der Waals surface area (Å²) in [5.74, 6) is 1.92. The third-order valence-electron chi connectivity index (χ3n) is 9.24. The lowest BCUT2D eigenvalue weighted by atomic mass is 10.0. The number of para-hydroxylation sites is 1. The standard InChI is InChI=1S/C33H44N7O2PS/c1-5-43(41,6-2)30-10-8-7-9-27(30)34-32-31-28(15-22-44-31)36-33(37-32)35-26-12-11-25(23-29(26)42-4)39-16-13-24(14-17-39)40-20-18-38(3)19-21-40/h7-12,15,22-24H,5-6,13-14,16-21H2,1-4H3,(H2,34,35,36,37). The average Bonchev–Trinajstić information content (AvgIpc) is 3.54. The Morgan fingerprint density at radius 2 is 1.68 bits per heavy atom. The van der Waals surface area contributed by atoms with Gasteiger partial charge in [0.2, 0.25) is 5.95 Å². The maximum atomic E-state index is 13.7. The maximum Gasteiger partial charge on any atom is 0.229 e. The number of rotatable bonds is 10. The second-order valence-corrected chi connectivity index (χ2v) is 16.2. The molecule has 0 unspecified atom stereocenters. The first-order valence-corrected chi connectivity index (χ1v) is 18.7. The lowest BCUT2D eigenvalue weighted by molar-refractivity contribution is 0.0982. The predicted molar refractivity (Wildman–Crippen MR) is 186 cm³/mol. The molecule has 0 amide bonds. The molecule has 0 saturated carbocycles. The van der Waals surface area contributed by atoms with Gasteiger partial charge in [-0.2, -0.15) is 4.98 Å². The molecule has 0 radical (unpaired) electrons. The Balaban J connectivity index is 1.20. The van der Waals surface area contributed by atoms with E-state index in [0.29, 0.717) is 30.1 Å². The van der Waals surface area contributed by atoms with Gasteiger partial charge < -0.3 is 29.7 Å². The normalized spacial score (nSPS) is 17.2. The molecular weight excluding hydrogens is 589 g/mol. The van der Waals surface area contributed by atoms with Crippen molar-refractivity contribution in [2.45, 2.75) is 32.7 Å². The van der Waals surface area contributed by atoms with Gasteiger partial charge in [0.05, 0.1) is 28.7 Å². The van der Waals surface area contributed by atoms with Crippen LogP contribution in [0.5, 0.6) is 5.75 Å². The summed E-state index contributed by atoms with van der Waals surface area (Å²) < 4.78 is 20.5. The van der Waals surface area contributed by atoms with Gasteiger partial charge in [-0.3, -0.25) is 4.90 Å². The molecule has 0 spiro atoms. The maximum absolute atomic E-state index is 13.7. The van der Waals surface area contributed by atoms with E-state index in [1.165, 1.54) is 44.7 Å². The van der Waals surface area contributed by atoms with Gasteiger partial charge in [0.1, 0.15) is 12.9 Å². The fourth-order valence-electron chi connectivity index (χ4n) is 6.41. The zero-order valence-electron chi connectivity index (χ0n) is 26.3. The number of piperidine rings is 1. The highest BCUT2D eigenvalue weighted by molar-refractivity contribution is 7.71. The van der Waals surface area contributed by atoms with E-state index in [1.54, 1.807) is 18.4 Å². The van der Waals surface area contributed by atoms with Gasteiger partial charge in [0.15, 0.2) is 5.82 Å². The van der Waals surface area contributed by atoms with Crippen molar-refractivity contribution in [2.24, 2.45) is 0 Å². The van der Waals surface area contributed by atoms with Crippen LogP contribution in [0.4, 0.5) is 28.8 Å². The van der Waals surface area contributed by atoms with Crippen LogP contribution in [-0.4, -0.2) is 91.6 Å². The number of fused-ring (bicyclic) bond motifs is 1. The van der Waals surface area contributed by atoms with E-state index >= 15 is 0 Å². The fraction of sp³-hybridized carbons (Fsp3) is 0.455. The Morgan fingerprint density at radius 1 is 0.932 bits per heavy atom. The second kappa shape index (κ2) is 13.4. The van der Waals surface area contributed by atoms with Crippen LogP contribution in [-0.2, 0) is 4.57 Å². The number of benzene rings is 2. The summed E-state index contributed by atoms with van der Waals surface area (Å²) in [7, 11) is 1.42. The molecule has 4 aromatic rings. The zero-order chi connectivity index (χ0) is 30.7. The Bertz CT molecular complexity index is 1620. The molecule has 2 saturated heterocycles. The monoisotopic (exact) mass is 633 g/mol. The fourth-order valence-corrected chi connectivity index (χ4v) is 9.24. The first-order chi connectivity index (χ1) is 21.4. The van der Waals surface area contributed by atoms with E-state index in [9.17, 15) is 4.57 Å². The molecular formula is C33H44N7O2PS. The van der Waals surface area contributed by atoms with Crippen LogP contribution in [0, 0.1) is 0 Å². The molecule has 11 heteroatoms. The largest absolute Gasteiger partial charge is 0.494 e. The molecule has 2 aliphatic heterocycles. The number of nitrogens with zero attached hydrogens (tertiary/aromatic N) is 5. The number of anilines is 5. The Morgan fingerprint density at radius 3 is 2.41 bits per heavy atom. The quantitative estimate of drug-likeness (QED) is 0.192. The van der Waals surface area contributed by atoms with Gasteiger partial charge in [-0.25, -0.2) is 4.98 Å². The lowest BCUT2D eigenvalue weighted by Crippen LogP contribution is -2.52. The topological polar surface area (TPSA) is 85.9 Å². The van der Waals surface area contributed by atoms with Crippen LogP contribution in [0.2, 0.25) is 0 Å². The summed E-state index contributed by atoms with van der Waals surface area (Å²) in [6.07, 6.45) is 3.62. The molecule has 44 heavy (non-hydrogen) atoms. The van der Waals surface area contributed by atoms with Crippen LogP contribution < -0.4 is 25.6 Å². The summed E-state index contributed by atoms with van der Waals surface area (Å²) in [5.41, 5.74) is 3.66. The molecule has 6 rings (SSSR count). The van der Waals surface area contributed by atoms with Crippen LogP contribution in [0.1, 0.15) is 26.7 Å². The Kier molecular flexibility index (Phi) is 9.42. The number of likely N-dealkylation sites (N-methyl/N-ethyl adjacent to an activating group) is 1. The minimum atomic E-state index is -2.50. The van der Waals surface area contributed by atoms with Crippen molar-refractivity contribution in [3.05, 3.63) is 53.9 Å². The lowest BCUT2D eigenvalue weighted by Gasteiger charge is -2.42. The Labute approximate surface area is 265 Å². The average molecular weight is 634 g/mol. The number of thiophene rings is 1. The van der Waals surface area contributed by atoms with Crippen LogP contribution in [0.25, 0.3) is 10.2 Å². The summed E-state index contributed by atoms with van der Waals surface area (Å²) in [4.78, 5) is 17.3. The first kappa shape index (κ1) is 30.8. The molecule has 0 aliphatic carbocycles. The van der Waals surface area contributed by atoms with Crippen molar-refractivity contribution in [1.29, 1.82) is 0 Å². The number of hydrogen-bond donors (Lipinski definition) is 2. The molecule has 234 valence electrons. The first-order valence-electron chi connectivity index (χ1n) is 15.7. The number of piperazine rings is 1. The Hall–Kier alpha value is -3.17. The molecule has 0 atom stereocenters. The highest BCUT2D eigenvalue weighted by Crippen LogP contribution is 2.46. The number of methoxy groups -OCH3 is 1. The van der Waals surface area contributed by atoms with Crippen molar-refractivity contribution in [2.75, 3.05) is 81.3 Å². The molecule has 9 nitrogen and oxygen atoms in total.